The van der Waals surface area contributed by atoms with Crippen molar-refractivity contribution in [2.75, 3.05) is 13.6 Å². The fraction of sp³-hybridized carbons (Fsp3) is 1.00. The van der Waals surface area contributed by atoms with E-state index in [0.29, 0.717) is 0 Å². The van der Waals surface area contributed by atoms with Gasteiger partial charge < -0.3 is 5.73 Å². The molecule has 1 rings (SSSR count). The number of rotatable bonds is 4. The Bertz CT molecular complexity index is 215. The van der Waals surface area contributed by atoms with Crippen LogP contribution in [-0.4, -0.2) is 29.6 Å². The van der Waals surface area contributed by atoms with Crippen LogP contribution in [0.25, 0.3) is 0 Å². The van der Waals surface area contributed by atoms with Crippen LogP contribution in [0.15, 0.2) is 0 Å². The third-order valence-corrected chi connectivity index (χ3v) is 5.07. The van der Waals surface area contributed by atoms with Crippen molar-refractivity contribution in [3.05, 3.63) is 0 Å². The van der Waals surface area contributed by atoms with E-state index >= 15 is 0 Å². The molecule has 2 nitrogen and oxygen atoms in total. The van der Waals surface area contributed by atoms with Crippen molar-refractivity contribution in [3.8, 4) is 0 Å². The first-order valence-electron chi connectivity index (χ1n) is 6.82. The molecule has 0 heterocycles. The van der Waals surface area contributed by atoms with Gasteiger partial charge in [-0.25, -0.2) is 0 Å². The van der Waals surface area contributed by atoms with Gasteiger partial charge in [0.1, 0.15) is 0 Å². The molecule has 0 saturated heterocycles. The van der Waals surface area contributed by atoms with E-state index in [9.17, 15) is 0 Å². The summed E-state index contributed by atoms with van der Waals surface area (Å²) in [6.45, 7) is 10.1. The standard InChI is InChI=1S/C14H30N2/c1-6-13(3,4)16(5)14(11-15)9-7-12(2)8-10-14/h12H,6-11,15H2,1-5H3. The third kappa shape index (κ3) is 2.60. The van der Waals surface area contributed by atoms with Crippen LogP contribution >= 0.6 is 0 Å². The zero-order valence-corrected chi connectivity index (χ0v) is 11.8. The maximum absolute atomic E-state index is 6.09. The smallest absolute Gasteiger partial charge is 0.0334 e. The molecule has 0 aromatic rings. The summed E-state index contributed by atoms with van der Waals surface area (Å²) >= 11 is 0. The van der Waals surface area contributed by atoms with E-state index in [4.69, 9.17) is 5.73 Å². The van der Waals surface area contributed by atoms with Gasteiger partial charge in [-0.05, 0) is 58.9 Å². The molecule has 0 aromatic heterocycles. The van der Waals surface area contributed by atoms with Crippen molar-refractivity contribution in [3.63, 3.8) is 0 Å². The third-order valence-electron chi connectivity index (χ3n) is 5.07. The van der Waals surface area contributed by atoms with E-state index in [2.05, 4.69) is 39.6 Å². The number of hydrogen-bond acceptors (Lipinski definition) is 2. The summed E-state index contributed by atoms with van der Waals surface area (Å²) in [6.07, 6.45) is 6.39. The van der Waals surface area contributed by atoms with Gasteiger partial charge in [0, 0.05) is 17.6 Å². The summed E-state index contributed by atoms with van der Waals surface area (Å²) in [7, 11) is 2.27. The van der Waals surface area contributed by atoms with Gasteiger partial charge in [-0.15, -0.1) is 0 Å². The Balaban J connectivity index is 2.80. The first-order chi connectivity index (χ1) is 7.38. The Labute approximate surface area is 102 Å². The quantitative estimate of drug-likeness (QED) is 0.798. The van der Waals surface area contributed by atoms with Crippen LogP contribution in [0.2, 0.25) is 0 Å². The average Bonchev–Trinajstić information content (AvgIpc) is 2.30. The van der Waals surface area contributed by atoms with Crippen LogP contribution < -0.4 is 5.73 Å². The molecule has 0 amide bonds. The van der Waals surface area contributed by atoms with E-state index in [0.717, 1.165) is 12.5 Å². The minimum Gasteiger partial charge on any atom is -0.329 e. The molecule has 1 aliphatic rings. The van der Waals surface area contributed by atoms with Gasteiger partial charge in [0.05, 0.1) is 0 Å². The van der Waals surface area contributed by atoms with Crippen LogP contribution in [-0.2, 0) is 0 Å². The van der Waals surface area contributed by atoms with E-state index < -0.39 is 0 Å². The molecule has 1 saturated carbocycles. The van der Waals surface area contributed by atoms with Crippen LogP contribution in [0.5, 0.6) is 0 Å². The predicted molar refractivity (Wildman–Crippen MR) is 71.6 cm³/mol. The number of hydrogen-bond donors (Lipinski definition) is 1. The molecule has 1 fully saturated rings. The topological polar surface area (TPSA) is 29.3 Å². The average molecular weight is 226 g/mol. The summed E-state index contributed by atoms with van der Waals surface area (Å²) in [5, 5.41) is 0. The minimum absolute atomic E-state index is 0.256. The Kier molecular flexibility index (Phi) is 4.42. The van der Waals surface area contributed by atoms with Crippen LogP contribution in [0.3, 0.4) is 0 Å². The molecule has 0 aromatic carbocycles. The molecule has 2 heteroatoms. The highest BCUT2D eigenvalue weighted by molar-refractivity contribution is 4.99. The molecule has 0 unspecified atom stereocenters. The first-order valence-corrected chi connectivity index (χ1v) is 6.82. The van der Waals surface area contributed by atoms with Gasteiger partial charge in [-0.2, -0.15) is 0 Å². The van der Waals surface area contributed by atoms with E-state index in [1.807, 2.05) is 0 Å². The lowest BCUT2D eigenvalue weighted by Crippen LogP contribution is -2.60. The molecule has 16 heavy (non-hydrogen) atoms. The van der Waals surface area contributed by atoms with Gasteiger partial charge in [-0.1, -0.05) is 13.8 Å². The predicted octanol–water partition coefficient (Wildman–Crippen LogP) is 3.01. The molecular formula is C14H30N2. The SMILES string of the molecule is CCC(C)(C)N(C)C1(CN)CCC(C)CC1. The normalized spacial score (nSPS) is 32.1. The lowest BCUT2D eigenvalue weighted by molar-refractivity contribution is -0.00884. The molecule has 96 valence electrons. The molecule has 2 N–H and O–H groups in total. The number of likely N-dealkylation sites (N-methyl/N-ethyl adjacent to an activating group) is 1. The monoisotopic (exact) mass is 226 g/mol. The molecule has 1 aliphatic carbocycles. The molecular weight excluding hydrogens is 196 g/mol. The number of nitrogens with zero attached hydrogens (tertiary/aromatic N) is 1. The molecule has 0 bridgehead atoms. The molecule has 0 radical (unpaired) electrons. The zero-order chi connectivity index (χ0) is 12.4. The van der Waals surface area contributed by atoms with Crippen molar-refractivity contribution in [2.24, 2.45) is 11.7 Å². The van der Waals surface area contributed by atoms with Crippen molar-refractivity contribution in [1.29, 1.82) is 0 Å². The minimum atomic E-state index is 0.256. The lowest BCUT2D eigenvalue weighted by Gasteiger charge is -2.52. The second-order valence-corrected chi connectivity index (χ2v) is 6.34. The first kappa shape index (κ1) is 14.0. The maximum Gasteiger partial charge on any atom is 0.0334 e. The maximum atomic E-state index is 6.09. The van der Waals surface area contributed by atoms with Crippen LogP contribution in [0, 0.1) is 5.92 Å². The highest BCUT2D eigenvalue weighted by atomic mass is 15.2. The molecule has 0 atom stereocenters. The summed E-state index contributed by atoms with van der Waals surface area (Å²) in [5.41, 5.74) is 6.61. The number of nitrogens with two attached hydrogens (primary N) is 1. The summed E-state index contributed by atoms with van der Waals surface area (Å²) in [4.78, 5) is 2.56. The van der Waals surface area contributed by atoms with Crippen molar-refractivity contribution >= 4 is 0 Å². The van der Waals surface area contributed by atoms with Gasteiger partial charge in [-0.3, -0.25) is 4.90 Å². The van der Waals surface area contributed by atoms with Crippen molar-refractivity contribution < 1.29 is 0 Å². The van der Waals surface area contributed by atoms with Crippen molar-refractivity contribution in [2.45, 2.75) is 70.9 Å². The Morgan fingerprint density at radius 3 is 2.19 bits per heavy atom. The lowest BCUT2D eigenvalue weighted by atomic mass is 9.74. The Morgan fingerprint density at radius 2 is 1.81 bits per heavy atom. The zero-order valence-electron chi connectivity index (χ0n) is 11.8. The largest absolute Gasteiger partial charge is 0.329 e. The van der Waals surface area contributed by atoms with E-state index in [-0.39, 0.29) is 11.1 Å². The Hall–Kier alpha value is -0.0800. The van der Waals surface area contributed by atoms with Crippen LogP contribution in [0.4, 0.5) is 0 Å². The van der Waals surface area contributed by atoms with Crippen LogP contribution in [0.1, 0.15) is 59.8 Å². The molecule has 0 aliphatic heterocycles. The van der Waals surface area contributed by atoms with E-state index in [1.54, 1.807) is 0 Å². The van der Waals surface area contributed by atoms with Crippen molar-refractivity contribution in [1.82, 2.24) is 4.90 Å². The van der Waals surface area contributed by atoms with Gasteiger partial charge in [0.25, 0.3) is 0 Å². The fourth-order valence-electron chi connectivity index (χ4n) is 2.86. The molecule has 0 spiro atoms. The highest BCUT2D eigenvalue weighted by Crippen LogP contribution is 2.38. The fourth-order valence-corrected chi connectivity index (χ4v) is 2.86. The summed E-state index contributed by atoms with van der Waals surface area (Å²) < 4.78 is 0. The second-order valence-electron chi connectivity index (χ2n) is 6.34. The second kappa shape index (κ2) is 5.05. The van der Waals surface area contributed by atoms with Gasteiger partial charge in [0.15, 0.2) is 0 Å². The summed E-state index contributed by atoms with van der Waals surface area (Å²) in [6, 6.07) is 0. The summed E-state index contributed by atoms with van der Waals surface area (Å²) in [5.74, 6) is 0.887. The van der Waals surface area contributed by atoms with Gasteiger partial charge in [0.2, 0.25) is 0 Å². The van der Waals surface area contributed by atoms with E-state index in [1.165, 1.54) is 32.1 Å². The highest BCUT2D eigenvalue weighted by Gasteiger charge is 2.41. The van der Waals surface area contributed by atoms with Gasteiger partial charge >= 0.3 is 0 Å². The Morgan fingerprint density at radius 1 is 1.31 bits per heavy atom.